The smallest absolute Gasteiger partial charge is 0.319 e. The third kappa shape index (κ3) is 7.81. The van der Waals surface area contributed by atoms with Gasteiger partial charge in [0.25, 0.3) is 6.47 Å². The molecular formula is C43H48F2N6O7. The summed E-state index contributed by atoms with van der Waals surface area (Å²) in [6, 6.07) is 4.85. The third-order valence-electron chi connectivity index (χ3n) is 12.0. The van der Waals surface area contributed by atoms with E-state index in [9.17, 15) is 14.7 Å². The summed E-state index contributed by atoms with van der Waals surface area (Å²) in [5.41, 5.74) is -0.435. The summed E-state index contributed by atoms with van der Waals surface area (Å²) < 4.78 is 44.7. The van der Waals surface area contributed by atoms with E-state index in [0.29, 0.717) is 43.7 Å². The highest BCUT2D eigenvalue weighted by Gasteiger charge is 2.51. The van der Waals surface area contributed by atoms with Crippen LogP contribution in [0, 0.1) is 41.2 Å². The Morgan fingerprint density at radius 3 is 2.29 bits per heavy atom. The van der Waals surface area contributed by atoms with E-state index in [-0.39, 0.29) is 92.8 Å². The number of terminal acetylenes is 1. The number of benzene rings is 2. The topological polar surface area (TPSA) is 159 Å². The second-order valence-corrected chi connectivity index (χ2v) is 16.0. The van der Waals surface area contributed by atoms with E-state index in [0.717, 1.165) is 44.3 Å². The molecule has 4 fully saturated rings. The molecule has 4 aliphatic rings. The van der Waals surface area contributed by atoms with Crippen molar-refractivity contribution < 1.29 is 42.9 Å². The zero-order chi connectivity index (χ0) is 41.5. The van der Waals surface area contributed by atoms with Gasteiger partial charge in [-0.1, -0.05) is 25.8 Å². The molecule has 2 saturated carbocycles. The fraction of sp³-hybridized carbons (Fsp3) is 0.488. The van der Waals surface area contributed by atoms with E-state index in [2.05, 4.69) is 20.8 Å². The normalized spacial score (nSPS) is 21.8. The van der Waals surface area contributed by atoms with Crippen LogP contribution < -0.4 is 14.4 Å². The molecule has 2 aliphatic heterocycles. The molecule has 58 heavy (non-hydrogen) atoms. The van der Waals surface area contributed by atoms with Crippen molar-refractivity contribution in [2.24, 2.45) is 17.3 Å². The zero-order valence-corrected chi connectivity index (χ0v) is 33.1. The number of nitrogens with zero attached hydrogens (tertiary/aromatic N) is 6. The van der Waals surface area contributed by atoms with Gasteiger partial charge in [-0.05, 0) is 74.4 Å². The molecule has 4 aromatic rings. The maximum Gasteiger partial charge on any atom is 0.319 e. The molecule has 1 amide bonds. The highest BCUT2D eigenvalue weighted by atomic mass is 19.1. The van der Waals surface area contributed by atoms with Crippen molar-refractivity contribution in [2.75, 3.05) is 51.3 Å². The Bertz CT molecular complexity index is 2290. The Kier molecular flexibility index (Phi) is 11.4. The lowest BCUT2D eigenvalue weighted by Crippen LogP contribution is -2.60. The zero-order valence-electron chi connectivity index (χ0n) is 33.1. The van der Waals surface area contributed by atoms with Crippen LogP contribution in [0.1, 0.15) is 64.9 Å². The third-order valence-corrected chi connectivity index (χ3v) is 12.0. The Hall–Kier alpha value is -5.62. The molecule has 4 atom stereocenters. The average molecular weight is 799 g/mol. The number of likely N-dealkylation sites (tertiary alicyclic amines) is 1. The molecule has 2 saturated heterocycles. The number of halogens is 2. The number of Topliss-reactive ketones (excluding diaryl/α,β-unsaturated/α-hetero) is 1. The number of hydrogen-bond acceptors (Lipinski definition) is 11. The highest BCUT2D eigenvalue weighted by Crippen LogP contribution is 2.51. The van der Waals surface area contributed by atoms with Gasteiger partial charge < -0.3 is 34.4 Å². The highest BCUT2D eigenvalue weighted by molar-refractivity contribution is 6.04. The van der Waals surface area contributed by atoms with E-state index in [1.165, 1.54) is 44.7 Å². The van der Waals surface area contributed by atoms with E-state index in [1.807, 2.05) is 23.6 Å². The molecule has 15 heteroatoms. The summed E-state index contributed by atoms with van der Waals surface area (Å²) in [4.78, 5) is 54.3. The van der Waals surface area contributed by atoms with Gasteiger partial charge in [-0.3, -0.25) is 14.4 Å². The number of hydrogen-bond donors (Lipinski definition) is 2. The maximum atomic E-state index is 17.4. The van der Waals surface area contributed by atoms with Gasteiger partial charge in [0.2, 0.25) is 11.8 Å². The summed E-state index contributed by atoms with van der Waals surface area (Å²) in [7, 11) is 1.41. The first-order valence-corrected chi connectivity index (χ1v) is 19.7. The van der Waals surface area contributed by atoms with Crippen molar-refractivity contribution in [2.45, 2.75) is 71.4 Å². The van der Waals surface area contributed by atoms with E-state index < -0.39 is 11.6 Å². The van der Waals surface area contributed by atoms with Gasteiger partial charge in [-0.2, -0.15) is 9.97 Å². The van der Waals surface area contributed by atoms with Crippen LogP contribution in [-0.4, -0.2) is 112 Å². The predicted octanol–water partition coefficient (Wildman–Crippen LogP) is 5.82. The number of anilines is 1. The number of carbonyl (C=O) groups is 3. The van der Waals surface area contributed by atoms with Crippen LogP contribution in [-0.2, 0) is 14.4 Å². The quantitative estimate of drug-likeness (QED) is 0.101. The molecule has 0 radical (unpaired) electrons. The molecule has 306 valence electrons. The van der Waals surface area contributed by atoms with Gasteiger partial charge in [-0.15, -0.1) is 6.42 Å². The van der Waals surface area contributed by atoms with Crippen LogP contribution in [0.5, 0.6) is 17.6 Å². The predicted molar refractivity (Wildman–Crippen MR) is 213 cm³/mol. The monoisotopic (exact) mass is 798 g/mol. The summed E-state index contributed by atoms with van der Waals surface area (Å²) in [5, 5.41) is 18.4. The second-order valence-electron chi connectivity index (χ2n) is 16.0. The van der Waals surface area contributed by atoms with Crippen molar-refractivity contribution in [1.29, 1.82) is 0 Å². The SMILES string of the molecule is C#Cc1c(F)ccc2cc(O)cc(-c3nc(OC)c4c(N5CC(CC)N(C(=O)CC(C)=O)C(CC)C5)nc(OCC5(CN6CC7CC7C6)CC5)nc4c3F)c12.O=CO. The number of aromatic hydroxyl groups is 1. The molecule has 13 nitrogen and oxygen atoms in total. The number of aromatic nitrogens is 3. The number of amides is 1. The number of fused-ring (bicyclic) bond motifs is 3. The molecule has 0 bridgehead atoms. The van der Waals surface area contributed by atoms with Gasteiger partial charge in [0.15, 0.2) is 5.82 Å². The molecule has 2 aliphatic carbocycles. The fourth-order valence-electron chi connectivity index (χ4n) is 8.91. The molecule has 4 heterocycles. The first kappa shape index (κ1) is 40.6. The number of piperazine rings is 1. The lowest BCUT2D eigenvalue weighted by Gasteiger charge is -2.47. The number of ether oxygens (including phenoxy) is 2. The van der Waals surface area contributed by atoms with Gasteiger partial charge in [0.1, 0.15) is 39.8 Å². The Balaban J connectivity index is 0.00000166. The maximum absolute atomic E-state index is 17.4. The van der Waals surface area contributed by atoms with Crippen LogP contribution in [0.25, 0.3) is 32.9 Å². The van der Waals surface area contributed by atoms with E-state index >= 15 is 8.78 Å². The van der Waals surface area contributed by atoms with Crippen molar-refractivity contribution in [3.63, 3.8) is 0 Å². The van der Waals surface area contributed by atoms with Gasteiger partial charge in [0.05, 0.1) is 25.7 Å². The minimum atomic E-state index is -0.852. The molecule has 2 aromatic heterocycles. The lowest BCUT2D eigenvalue weighted by atomic mass is 9.95. The number of ketones is 1. The van der Waals surface area contributed by atoms with Crippen molar-refractivity contribution in [3.05, 3.63) is 41.5 Å². The number of piperidine rings is 1. The Morgan fingerprint density at radius 1 is 1.03 bits per heavy atom. The van der Waals surface area contributed by atoms with Crippen molar-refractivity contribution in [3.8, 4) is 41.2 Å². The number of phenolic OH excluding ortho intramolecular Hbond substituents is 1. The van der Waals surface area contributed by atoms with Crippen molar-refractivity contribution in [1.82, 2.24) is 24.8 Å². The molecule has 2 N–H and O–H groups in total. The van der Waals surface area contributed by atoms with Crippen LogP contribution in [0.3, 0.4) is 0 Å². The first-order valence-electron chi connectivity index (χ1n) is 19.7. The number of carbonyl (C=O) groups excluding carboxylic acids is 2. The molecule has 4 unspecified atom stereocenters. The van der Waals surface area contributed by atoms with E-state index in [4.69, 9.17) is 30.8 Å². The number of pyridine rings is 1. The fourth-order valence-corrected chi connectivity index (χ4v) is 8.91. The van der Waals surface area contributed by atoms with Crippen molar-refractivity contribution >= 4 is 45.7 Å². The van der Waals surface area contributed by atoms with E-state index in [1.54, 1.807) is 0 Å². The van der Waals surface area contributed by atoms with Gasteiger partial charge in [0, 0.05) is 61.2 Å². The first-order chi connectivity index (χ1) is 27.9. The number of carboxylic acid groups (broad SMARTS) is 1. The number of phenols is 1. The second kappa shape index (κ2) is 16.3. The Labute approximate surface area is 335 Å². The van der Waals surface area contributed by atoms with Crippen LogP contribution >= 0.6 is 0 Å². The summed E-state index contributed by atoms with van der Waals surface area (Å²) in [6.45, 7) is 9.37. The molecule has 8 rings (SSSR count). The minimum absolute atomic E-state index is 0.00514. The minimum Gasteiger partial charge on any atom is -0.508 e. The van der Waals surface area contributed by atoms with Gasteiger partial charge in [-0.25, -0.2) is 13.8 Å². The number of rotatable bonds is 12. The van der Waals surface area contributed by atoms with Crippen LogP contribution in [0.4, 0.5) is 14.6 Å². The summed E-state index contributed by atoms with van der Waals surface area (Å²) in [5.74, 6) is 2.23. The van der Waals surface area contributed by atoms with Gasteiger partial charge >= 0.3 is 6.01 Å². The number of methoxy groups -OCH3 is 1. The Morgan fingerprint density at radius 2 is 1.71 bits per heavy atom. The molecule has 0 spiro atoms. The molecular weight excluding hydrogens is 751 g/mol. The van der Waals surface area contributed by atoms with Crippen LogP contribution in [0.15, 0.2) is 24.3 Å². The molecule has 2 aromatic carbocycles. The largest absolute Gasteiger partial charge is 0.508 e. The average Bonchev–Trinajstić information content (AvgIpc) is 4.11. The summed E-state index contributed by atoms with van der Waals surface area (Å²) >= 11 is 0. The summed E-state index contributed by atoms with van der Waals surface area (Å²) in [6.07, 6.45) is 10.2. The standard InChI is InChI=1S/C42H46F2N6O5.CH2O2/c1-6-27-19-49(20-28(7-2)50(27)33(53)13-23(4)51)39-35-38(46-41(47-39)55-22-42(11-12-42)21-48-17-25-14-26(25)18-48)36(44)37(45-40(35)54-5)31-16-29(52)15-24-9-10-32(43)30(8-3)34(24)31;2-1-3/h3,9-10,15-16,25-28,52H,6-7,11-14,17-22H2,1-2,4-5H3;1H,(H,2,3). The lowest BCUT2D eigenvalue weighted by molar-refractivity contribution is -0.140. The van der Waals surface area contributed by atoms with Crippen LogP contribution in [0.2, 0.25) is 0 Å².